The Morgan fingerprint density at radius 3 is 2.48 bits per heavy atom. The number of nitrogens with one attached hydrogen (secondary N) is 1. The van der Waals surface area contributed by atoms with Crippen LogP contribution in [0.25, 0.3) is 0 Å². The fraction of sp³-hybridized carbons (Fsp3) is 0.381. The molecule has 0 spiro atoms. The van der Waals surface area contributed by atoms with E-state index in [1.807, 2.05) is 12.1 Å². The predicted molar refractivity (Wildman–Crippen MR) is 111 cm³/mol. The molecule has 0 aromatic heterocycles. The minimum atomic E-state index is -3.77. The van der Waals surface area contributed by atoms with Crippen molar-refractivity contribution in [3.8, 4) is 0 Å². The Morgan fingerprint density at radius 2 is 1.79 bits per heavy atom. The minimum Gasteiger partial charge on any atom is -0.356 e. The van der Waals surface area contributed by atoms with Crippen molar-refractivity contribution in [2.45, 2.75) is 43.0 Å². The zero-order valence-electron chi connectivity index (χ0n) is 16.0. The van der Waals surface area contributed by atoms with Gasteiger partial charge in [-0.05, 0) is 61.2 Å². The summed E-state index contributed by atoms with van der Waals surface area (Å²) in [5, 5.41) is 3.53. The van der Waals surface area contributed by atoms with Crippen molar-refractivity contribution in [1.82, 2.24) is 9.62 Å². The normalized spacial score (nSPS) is 17.8. The third-order valence-electron chi connectivity index (χ3n) is 5.06. The maximum absolute atomic E-state index is 13.2. The van der Waals surface area contributed by atoms with Crippen LogP contribution in [0.3, 0.4) is 0 Å². The zero-order chi connectivity index (χ0) is 20.9. The fourth-order valence-electron chi connectivity index (χ4n) is 3.52. The molecule has 0 bridgehead atoms. The van der Waals surface area contributed by atoms with Gasteiger partial charge in [0.25, 0.3) is 0 Å². The lowest BCUT2D eigenvalue weighted by Gasteiger charge is -2.34. The number of hydrogen-bond donors (Lipinski definition) is 1. The van der Waals surface area contributed by atoms with Crippen LogP contribution in [0.1, 0.15) is 31.2 Å². The summed E-state index contributed by atoms with van der Waals surface area (Å²) >= 11 is 5.86. The molecule has 1 aliphatic rings. The molecule has 1 amide bonds. The second-order valence-corrected chi connectivity index (χ2v) is 9.48. The molecule has 1 fully saturated rings. The van der Waals surface area contributed by atoms with Crippen LogP contribution < -0.4 is 5.32 Å². The third kappa shape index (κ3) is 5.78. The highest BCUT2D eigenvalue weighted by Gasteiger charge is 2.34. The first-order chi connectivity index (χ1) is 13.9. The number of rotatable bonds is 7. The van der Waals surface area contributed by atoms with Gasteiger partial charge in [0.1, 0.15) is 5.82 Å². The number of amides is 1. The third-order valence-corrected chi connectivity index (χ3v) is 7.28. The van der Waals surface area contributed by atoms with Crippen LogP contribution in [0.2, 0.25) is 5.02 Å². The summed E-state index contributed by atoms with van der Waals surface area (Å²) in [4.78, 5) is 12.5. The summed E-state index contributed by atoms with van der Waals surface area (Å²) in [6, 6.07) is 11.8. The molecule has 2 aromatic rings. The zero-order valence-corrected chi connectivity index (χ0v) is 17.6. The molecule has 1 atom stereocenters. The Bertz CT molecular complexity index is 933. The first-order valence-electron chi connectivity index (χ1n) is 9.65. The van der Waals surface area contributed by atoms with E-state index in [1.165, 1.54) is 16.4 Å². The van der Waals surface area contributed by atoms with Crippen LogP contribution in [0.15, 0.2) is 53.4 Å². The number of hydrogen-bond acceptors (Lipinski definition) is 3. The molecule has 8 heteroatoms. The lowest BCUT2D eigenvalue weighted by Crippen LogP contribution is -2.46. The number of carbonyl (C=O) groups excluding carboxylic acids is 1. The molecule has 5 nitrogen and oxygen atoms in total. The minimum absolute atomic E-state index is 0.0500. The summed E-state index contributed by atoms with van der Waals surface area (Å²) < 4.78 is 40.5. The first-order valence-corrected chi connectivity index (χ1v) is 11.5. The van der Waals surface area contributed by atoms with Crippen molar-refractivity contribution in [2.24, 2.45) is 0 Å². The Balaban J connectivity index is 1.59. The van der Waals surface area contributed by atoms with E-state index in [2.05, 4.69) is 5.32 Å². The smallest absolute Gasteiger partial charge is 0.243 e. The number of sulfonamides is 1. The van der Waals surface area contributed by atoms with E-state index in [-0.39, 0.29) is 17.2 Å². The van der Waals surface area contributed by atoms with Crippen LogP contribution in [0.4, 0.5) is 4.39 Å². The Labute approximate surface area is 175 Å². The van der Waals surface area contributed by atoms with Gasteiger partial charge in [-0.1, -0.05) is 30.2 Å². The predicted octanol–water partition coefficient (Wildman–Crippen LogP) is 3.77. The largest absolute Gasteiger partial charge is 0.356 e. The average Bonchev–Trinajstić information content (AvgIpc) is 2.70. The molecule has 3 rings (SSSR count). The van der Waals surface area contributed by atoms with Crippen LogP contribution in [-0.2, 0) is 21.2 Å². The molecule has 1 saturated heterocycles. The standard InChI is InChI=1S/C21H24ClFN2O3S/c22-17-6-4-16(5-7-17)12-13-24-21(26)15-19-3-1-2-14-25(19)29(27,28)20-10-8-18(23)9-11-20/h4-11,19H,1-3,12-15H2,(H,24,26)/t19-/m1/s1. The van der Waals surface area contributed by atoms with Crippen molar-refractivity contribution in [2.75, 3.05) is 13.1 Å². The average molecular weight is 439 g/mol. The molecule has 156 valence electrons. The molecule has 2 aromatic carbocycles. The topological polar surface area (TPSA) is 66.5 Å². The van der Waals surface area contributed by atoms with E-state index in [4.69, 9.17) is 11.6 Å². The summed E-state index contributed by atoms with van der Waals surface area (Å²) in [5.74, 6) is -0.663. The molecule has 0 unspecified atom stereocenters. The van der Waals surface area contributed by atoms with E-state index in [9.17, 15) is 17.6 Å². The van der Waals surface area contributed by atoms with E-state index in [0.717, 1.165) is 30.5 Å². The monoisotopic (exact) mass is 438 g/mol. The van der Waals surface area contributed by atoms with Gasteiger partial charge in [0.15, 0.2) is 0 Å². The molecular formula is C21H24ClFN2O3S. The molecular weight excluding hydrogens is 415 g/mol. The van der Waals surface area contributed by atoms with E-state index in [0.29, 0.717) is 31.0 Å². The quantitative estimate of drug-likeness (QED) is 0.715. The Morgan fingerprint density at radius 1 is 1.10 bits per heavy atom. The van der Waals surface area contributed by atoms with E-state index in [1.54, 1.807) is 12.1 Å². The molecule has 0 radical (unpaired) electrons. The number of nitrogens with zero attached hydrogens (tertiary/aromatic N) is 1. The summed E-state index contributed by atoms with van der Waals surface area (Å²) in [6.07, 6.45) is 3.03. The van der Waals surface area contributed by atoms with Crippen LogP contribution >= 0.6 is 11.6 Å². The lowest BCUT2D eigenvalue weighted by atomic mass is 10.0. The van der Waals surface area contributed by atoms with E-state index >= 15 is 0 Å². The van der Waals surface area contributed by atoms with Gasteiger partial charge in [0.05, 0.1) is 4.90 Å². The van der Waals surface area contributed by atoms with Crippen LogP contribution in [0.5, 0.6) is 0 Å². The Hall–Kier alpha value is -1.96. The van der Waals surface area contributed by atoms with Gasteiger partial charge in [-0.2, -0.15) is 4.31 Å². The summed E-state index contributed by atoms with van der Waals surface area (Å²) in [5.41, 5.74) is 1.06. The highest BCUT2D eigenvalue weighted by Crippen LogP contribution is 2.27. The first kappa shape index (κ1) is 21.7. The lowest BCUT2D eigenvalue weighted by molar-refractivity contribution is -0.122. The van der Waals surface area contributed by atoms with Crippen LogP contribution in [0, 0.1) is 5.82 Å². The van der Waals surface area contributed by atoms with Gasteiger partial charge < -0.3 is 5.32 Å². The number of carbonyl (C=O) groups is 1. The maximum Gasteiger partial charge on any atom is 0.243 e. The summed E-state index contributed by atoms with van der Waals surface area (Å²) in [7, 11) is -3.77. The molecule has 0 aliphatic carbocycles. The fourth-order valence-corrected chi connectivity index (χ4v) is 5.34. The van der Waals surface area contributed by atoms with Crippen molar-refractivity contribution < 1.29 is 17.6 Å². The molecule has 1 aliphatic heterocycles. The highest BCUT2D eigenvalue weighted by molar-refractivity contribution is 7.89. The number of benzene rings is 2. The maximum atomic E-state index is 13.2. The van der Waals surface area contributed by atoms with Gasteiger partial charge in [-0.25, -0.2) is 12.8 Å². The number of halogens is 2. The molecule has 1 heterocycles. The van der Waals surface area contributed by atoms with Crippen molar-refractivity contribution >= 4 is 27.5 Å². The SMILES string of the molecule is O=C(C[C@H]1CCCCN1S(=O)(=O)c1ccc(F)cc1)NCCc1ccc(Cl)cc1. The van der Waals surface area contributed by atoms with Gasteiger partial charge in [-0.3, -0.25) is 4.79 Å². The van der Waals surface area contributed by atoms with Gasteiger partial charge in [0.2, 0.25) is 15.9 Å². The second-order valence-electron chi connectivity index (χ2n) is 7.15. The van der Waals surface area contributed by atoms with Crippen molar-refractivity contribution in [3.63, 3.8) is 0 Å². The molecule has 1 N–H and O–H groups in total. The summed E-state index contributed by atoms with van der Waals surface area (Å²) in [6.45, 7) is 0.834. The van der Waals surface area contributed by atoms with Gasteiger partial charge in [-0.15, -0.1) is 0 Å². The van der Waals surface area contributed by atoms with E-state index < -0.39 is 21.9 Å². The molecule has 29 heavy (non-hydrogen) atoms. The highest BCUT2D eigenvalue weighted by atomic mass is 35.5. The van der Waals surface area contributed by atoms with Gasteiger partial charge >= 0.3 is 0 Å². The number of piperidine rings is 1. The molecule has 0 saturated carbocycles. The van der Waals surface area contributed by atoms with Crippen molar-refractivity contribution in [1.29, 1.82) is 0 Å². The Kier molecular flexibility index (Phi) is 7.27. The van der Waals surface area contributed by atoms with Gasteiger partial charge in [0, 0.05) is 30.6 Å². The van der Waals surface area contributed by atoms with Crippen molar-refractivity contribution in [3.05, 3.63) is 64.9 Å². The second kappa shape index (κ2) is 9.69. The van der Waals surface area contributed by atoms with Crippen LogP contribution in [-0.4, -0.2) is 37.8 Å².